The number of sulfonamides is 1. The Hall–Kier alpha value is -0.440. The molecule has 106 valence electrons. The van der Waals surface area contributed by atoms with Crippen molar-refractivity contribution < 1.29 is 18.3 Å². The number of carboxylic acid groups (broad SMARTS) is 1. The highest BCUT2D eigenvalue weighted by Crippen LogP contribution is 2.33. The molecule has 1 aliphatic carbocycles. The number of hydrogen-bond donors (Lipinski definition) is 2. The Bertz CT molecular complexity index is 575. The molecular formula is C11H14BrNO4S2. The lowest BCUT2D eigenvalue weighted by Crippen LogP contribution is -2.55. The number of carbonyl (C=O) groups is 1. The van der Waals surface area contributed by atoms with Crippen LogP contribution in [0, 0.1) is 0 Å². The van der Waals surface area contributed by atoms with E-state index in [1.807, 2.05) is 0 Å². The van der Waals surface area contributed by atoms with Crippen molar-refractivity contribution in [2.45, 2.75) is 41.9 Å². The molecule has 1 heterocycles. The van der Waals surface area contributed by atoms with E-state index in [0.717, 1.165) is 30.6 Å². The molecule has 19 heavy (non-hydrogen) atoms. The molecule has 1 aromatic rings. The molecular weight excluding hydrogens is 354 g/mol. The van der Waals surface area contributed by atoms with Gasteiger partial charge in [0.2, 0.25) is 0 Å². The second-order valence-electron chi connectivity index (χ2n) is 4.61. The number of thiophene rings is 1. The van der Waals surface area contributed by atoms with Crippen molar-refractivity contribution in [3.63, 3.8) is 0 Å². The first-order valence-electron chi connectivity index (χ1n) is 5.88. The minimum Gasteiger partial charge on any atom is -0.480 e. The summed E-state index contributed by atoms with van der Waals surface area (Å²) in [6.07, 6.45) is 3.06. The molecule has 0 saturated heterocycles. The van der Waals surface area contributed by atoms with Gasteiger partial charge < -0.3 is 5.11 Å². The van der Waals surface area contributed by atoms with Gasteiger partial charge in [0.25, 0.3) is 10.0 Å². The molecule has 1 fully saturated rings. The van der Waals surface area contributed by atoms with Crippen LogP contribution in [-0.2, 0) is 14.8 Å². The second kappa shape index (κ2) is 5.51. The van der Waals surface area contributed by atoms with Crippen LogP contribution in [0.2, 0.25) is 0 Å². The first-order chi connectivity index (χ1) is 8.87. The summed E-state index contributed by atoms with van der Waals surface area (Å²) in [4.78, 5) is 11.5. The third kappa shape index (κ3) is 3.01. The third-order valence-corrected chi connectivity index (χ3v) is 7.48. The van der Waals surface area contributed by atoms with Gasteiger partial charge in [0.15, 0.2) is 0 Å². The molecule has 0 amide bonds. The highest BCUT2D eigenvalue weighted by atomic mass is 79.9. The predicted molar refractivity (Wildman–Crippen MR) is 75.8 cm³/mol. The quantitative estimate of drug-likeness (QED) is 0.856. The predicted octanol–water partition coefficient (Wildman–Crippen LogP) is 2.58. The van der Waals surface area contributed by atoms with E-state index in [1.54, 1.807) is 11.4 Å². The molecule has 0 spiro atoms. The fourth-order valence-corrected chi connectivity index (χ4v) is 6.05. The zero-order valence-corrected chi connectivity index (χ0v) is 13.3. The van der Waals surface area contributed by atoms with Crippen LogP contribution >= 0.6 is 27.3 Å². The first kappa shape index (κ1) is 15.0. The number of aliphatic carboxylic acids is 1. The molecule has 1 aromatic heterocycles. The van der Waals surface area contributed by atoms with Gasteiger partial charge in [0.05, 0.1) is 0 Å². The Balaban J connectivity index is 2.32. The summed E-state index contributed by atoms with van der Waals surface area (Å²) in [5, 5.41) is 11.0. The van der Waals surface area contributed by atoms with Gasteiger partial charge in [-0.2, -0.15) is 4.72 Å². The van der Waals surface area contributed by atoms with E-state index >= 15 is 0 Å². The highest BCUT2D eigenvalue weighted by Gasteiger charge is 2.43. The Morgan fingerprint density at radius 2 is 2.00 bits per heavy atom. The summed E-state index contributed by atoms with van der Waals surface area (Å²) < 4.78 is 27.6. The summed E-state index contributed by atoms with van der Waals surface area (Å²) in [5.41, 5.74) is -1.36. The molecule has 0 bridgehead atoms. The van der Waals surface area contributed by atoms with Crippen LogP contribution in [0.15, 0.2) is 20.1 Å². The second-order valence-corrected chi connectivity index (χ2v) is 8.26. The number of rotatable bonds is 4. The van der Waals surface area contributed by atoms with Gasteiger partial charge in [0, 0.05) is 4.47 Å². The minimum atomic E-state index is -3.81. The Morgan fingerprint density at radius 3 is 2.47 bits per heavy atom. The lowest BCUT2D eigenvalue weighted by atomic mass is 9.83. The van der Waals surface area contributed by atoms with Gasteiger partial charge >= 0.3 is 5.97 Å². The highest BCUT2D eigenvalue weighted by molar-refractivity contribution is 9.10. The maximum absolute atomic E-state index is 12.3. The van der Waals surface area contributed by atoms with E-state index in [0.29, 0.717) is 17.3 Å². The number of nitrogens with one attached hydrogen (secondary N) is 1. The van der Waals surface area contributed by atoms with Crippen molar-refractivity contribution >= 4 is 43.3 Å². The van der Waals surface area contributed by atoms with Crippen molar-refractivity contribution in [2.75, 3.05) is 0 Å². The third-order valence-electron chi connectivity index (χ3n) is 3.27. The molecule has 0 atom stereocenters. The number of hydrogen-bond acceptors (Lipinski definition) is 4. The average molecular weight is 368 g/mol. The van der Waals surface area contributed by atoms with E-state index in [2.05, 4.69) is 20.7 Å². The summed E-state index contributed by atoms with van der Waals surface area (Å²) in [5.74, 6) is -1.09. The van der Waals surface area contributed by atoms with Crippen molar-refractivity contribution in [2.24, 2.45) is 0 Å². The zero-order chi connectivity index (χ0) is 14.1. The minimum absolute atomic E-state index is 0.124. The zero-order valence-electron chi connectivity index (χ0n) is 10.1. The van der Waals surface area contributed by atoms with Crippen molar-refractivity contribution in [3.8, 4) is 0 Å². The van der Waals surface area contributed by atoms with Crippen LogP contribution in [0.4, 0.5) is 0 Å². The van der Waals surface area contributed by atoms with Crippen molar-refractivity contribution in [3.05, 3.63) is 15.9 Å². The van der Waals surface area contributed by atoms with Crippen LogP contribution in [0.25, 0.3) is 0 Å². The summed E-state index contributed by atoms with van der Waals surface area (Å²) in [6, 6.07) is 1.63. The standard InChI is InChI=1S/C11H14BrNO4S2/c12-8-4-7-18-9(8)19(16,17)13-11(10(14)15)5-2-1-3-6-11/h4,7,13H,1-3,5-6H2,(H,14,15). The van der Waals surface area contributed by atoms with Crippen molar-refractivity contribution in [1.82, 2.24) is 4.72 Å². The summed E-state index contributed by atoms with van der Waals surface area (Å²) in [6.45, 7) is 0. The van der Waals surface area contributed by atoms with E-state index in [9.17, 15) is 18.3 Å². The Kier molecular flexibility index (Phi) is 4.34. The summed E-state index contributed by atoms with van der Waals surface area (Å²) >= 11 is 4.23. The molecule has 1 saturated carbocycles. The van der Waals surface area contributed by atoms with Gasteiger partial charge in [-0.25, -0.2) is 8.42 Å². The molecule has 5 nitrogen and oxygen atoms in total. The normalized spacial score (nSPS) is 19.2. The maximum atomic E-state index is 12.3. The van der Waals surface area contributed by atoms with Gasteiger partial charge in [-0.3, -0.25) is 4.79 Å². The molecule has 1 aliphatic rings. The molecule has 0 aliphatic heterocycles. The fraction of sp³-hybridized carbons (Fsp3) is 0.545. The van der Waals surface area contributed by atoms with Crippen molar-refractivity contribution in [1.29, 1.82) is 0 Å². The molecule has 8 heteroatoms. The Labute approximate surface area is 124 Å². The van der Waals surface area contributed by atoms with Crippen LogP contribution in [0.1, 0.15) is 32.1 Å². The first-order valence-corrected chi connectivity index (χ1v) is 9.03. The smallest absolute Gasteiger partial charge is 0.324 e. The van der Waals surface area contributed by atoms with Crippen LogP contribution in [0.3, 0.4) is 0 Å². The lowest BCUT2D eigenvalue weighted by Gasteiger charge is -2.33. The molecule has 0 unspecified atom stereocenters. The lowest BCUT2D eigenvalue weighted by molar-refractivity contribution is -0.145. The van der Waals surface area contributed by atoms with Gasteiger partial charge in [-0.05, 0) is 40.2 Å². The molecule has 2 N–H and O–H groups in total. The largest absolute Gasteiger partial charge is 0.480 e. The van der Waals surface area contributed by atoms with Gasteiger partial charge in [0.1, 0.15) is 9.75 Å². The SMILES string of the molecule is O=C(O)C1(NS(=O)(=O)c2sccc2Br)CCCCC1. The van der Waals surface area contributed by atoms with Crippen LogP contribution < -0.4 is 4.72 Å². The van der Waals surface area contributed by atoms with E-state index in [1.165, 1.54) is 0 Å². The van der Waals surface area contributed by atoms with Gasteiger partial charge in [-0.1, -0.05) is 19.3 Å². The fourth-order valence-electron chi connectivity index (χ4n) is 2.29. The number of halogens is 1. The van der Waals surface area contributed by atoms with Gasteiger partial charge in [-0.15, -0.1) is 11.3 Å². The number of carboxylic acids is 1. The molecule has 0 radical (unpaired) electrons. The van der Waals surface area contributed by atoms with E-state index in [-0.39, 0.29) is 4.21 Å². The van der Waals surface area contributed by atoms with E-state index < -0.39 is 21.5 Å². The Morgan fingerprint density at radius 1 is 1.37 bits per heavy atom. The monoisotopic (exact) mass is 367 g/mol. The van der Waals surface area contributed by atoms with Crippen LogP contribution in [-0.4, -0.2) is 25.0 Å². The maximum Gasteiger partial charge on any atom is 0.324 e. The average Bonchev–Trinajstić information content (AvgIpc) is 2.77. The van der Waals surface area contributed by atoms with E-state index in [4.69, 9.17) is 0 Å². The molecule has 0 aromatic carbocycles. The topological polar surface area (TPSA) is 83.5 Å². The van der Waals surface area contributed by atoms with Crippen LogP contribution in [0.5, 0.6) is 0 Å². The molecule has 2 rings (SSSR count). The summed E-state index contributed by atoms with van der Waals surface area (Å²) in [7, 11) is -3.81.